The smallest absolute Gasteiger partial charge is 0.278 e. The van der Waals surface area contributed by atoms with Crippen LogP contribution in [0.3, 0.4) is 0 Å². The number of H-pyrrole nitrogens is 1. The lowest BCUT2D eigenvalue weighted by Crippen LogP contribution is -2.21. The Bertz CT molecular complexity index is 1420. The number of hydrogen-bond donors (Lipinski definition) is 2. The van der Waals surface area contributed by atoms with Crippen molar-refractivity contribution >= 4 is 66.3 Å². The summed E-state index contributed by atoms with van der Waals surface area (Å²) < 4.78 is 2.48. The van der Waals surface area contributed by atoms with Gasteiger partial charge in [-0.1, -0.05) is 53.4 Å². The van der Waals surface area contributed by atoms with Crippen LogP contribution in [0.15, 0.2) is 58.5 Å². The topological polar surface area (TPSA) is 92.7 Å². The fourth-order valence-electron chi connectivity index (χ4n) is 3.16. The second kappa shape index (κ2) is 7.02. The number of hydrogen-bond acceptors (Lipinski definition) is 6. The minimum atomic E-state index is -0.192. The van der Waals surface area contributed by atoms with Crippen LogP contribution in [0.2, 0.25) is 0 Å². The van der Waals surface area contributed by atoms with E-state index in [1.54, 1.807) is 7.05 Å². The van der Waals surface area contributed by atoms with Gasteiger partial charge in [-0.3, -0.25) is 14.2 Å². The van der Waals surface area contributed by atoms with Gasteiger partial charge in [0.15, 0.2) is 10.3 Å². The lowest BCUT2D eigenvalue weighted by molar-refractivity contribution is -0.113. The molecule has 2 aromatic carbocycles. The highest BCUT2D eigenvalue weighted by atomic mass is 32.2. The zero-order valence-corrected chi connectivity index (χ0v) is 16.9. The Labute approximate surface area is 172 Å². The van der Waals surface area contributed by atoms with Crippen molar-refractivity contribution < 1.29 is 4.79 Å². The molecule has 5 rings (SSSR count). The van der Waals surface area contributed by atoms with E-state index in [1.807, 2.05) is 48.5 Å². The Morgan fingerprint density at radius 3 is 2.83 bits per heavy atom. The largest absolute Gasteiger partial charge is 0.349 e. The molecule has 2 N–H and O–H groups in total. The molecule has 3 aromatic heterocycles. The summed E-state index contributed by atoms with van der Waals surface area (Å²) in [7, 11) is 1.66. The number of carbonyl (C=O) groups excluding carboxylic acids is 1. The number of amides is 1. The number of para-hydroxylation sites is 2. The van der Waals surface area contributed by atoms with Crippen molar-refractivity contribution in [2.45, 2.75) is 5.16 Å². The van der Waals surface area contributed by atoms with Crippen LogP contribution in [0.4, 0.5) is 5.13 Å². The molecule has 7 nitrogen and oxygen atoms in total. The third kappa shape index (κ3) is 3.18. The molecule has 0 aliphatic heterocycles. The minimum absolute atomic E-state index is 0.129. The second-order valence-electron chi connectivity index (χ2n) is 6.48. The molecule has 5 aromatic rings. The highest BCUT2D eigenvalue weighted by molar-refractivity contribution is 7.99. The Morgan fingerprint density at radius 2 is 1.97 bits per heavy atom. The maximum absolute atomic E-state index is 12.7. The predicted molar refractivity (Wildman–Crippen MR) is 118 cm³/mol. The number of aromatic amines is 1. The number of nitrogens with zero attached hydrogens (tertiary/aromatic N) is 3. The van der Waals surface area contributed by atoms with E-state index in [2.05, 4.69) is 20.3 Å². The lowest BCUT2D eigenvalue weighted by atomic mass is 10.2. The quantitative estimate of drug-likeness (QED) is 0.341. The van der Waals surface area contributed by atoms with Crippen LogP contribution < -0.4 is 10.9 Å². The van der Waals surface area contributed by atoms with Crippen LogP contribution in [-0.4, -0.2) is 31.2 Å². The van der Waals surface area contributed by atoms with Gasteiger partial charge in [0.2, 0.25) is 5.91 Å². The van der Waals surface area contributed by atoms with Crippen molar-refractivity contribution in [3.8, 4) is 0 Å². The SMILES string of the molecule is Cn1c(SCC(=O)Nc2nc3ccccc3s2)nc2c([nH]c3ccccc32)c1=O. The van der Waals surface area contributed by atoms with E-state index in [-0.39, 0.29) is 17.2 Å². The van der Waals surface area contributed by atoms with Gasteiger partial charge in [0.25, 0.3) is 5.56 Å². The predicted octanol–water partition coefficient (Wildman–Crippen LogP) is 3.76. The maximum Gasteiger partial charge on any atom is 0.278 e. The molecule has 0 bridgehead atoms. The molecule has 3 heterocycles. The van der Waals surface area contributed by atoms with E-state index < -0.39 is 0 Å². The van der Waals surface area contributed by atoms with Gasteiger partial charge in [-0.05, 0) is 18.2 Å². The number of aromatic nitrogens is 4. The number of rotatable bonds is 4. The number of benzene rings is 2. The standard InChI is InChI=1S/C20H15N5O2S2/c1-25-18(27)17-16(11-6-2-3-7-12(11)21-17)24-20(25)28-10-15(26)23-19-22-13-8-4-5-9-14(13)29-19/h2-9,21H,10H2,1H3,(H,22,23,26). The molecular weight excluding hydrogens is 406 g/mol. The first kappa shape index (κ1) is 17.9. The van der Waals surface area contributed by atoms with Gasteiger partial charge in [0.05, 0.1) is 16.0 Å². The minimum Gasteiger partial charge on any atom is -0.349 e. The first-order valence-electron chi connectivity index (χ1n) is 8.86. The number of thiazole rings is 1. The van der Waals surface area contributed by atoms with Gasteiger partial charge in [-0.15, -0.1) is 0 Å². The van der Waals surface area contributed by atoms with Crippen molar-refractivity contribution in [1.29, 1.82) is 0 Å². The summed E-state index contributed by atoms with van der Waals surface area (Å²) >= 11 is 2.66. The number of carbonyl (C=O) groups is 1. The molecule has 1 amide bonds. The molecule has 0 spiro atoms. The van der Waals surface area contributed by atoms with Gasteiger partial charge >= 0.3 is 0 Å². The highest BCUT2D eigenvalue weighted by Gasteiger charge is 2.15. The van der Waals surface area contributed by atoms with Gasteiger partial charge < -0.3 is 10.3 Å². The number of thioether (sulfide) groups is 1. The first-order chi connectivity index (χ1) is 14.1. The zero-order chi connectivity index (χ0) is 20.0. The van der Waals surface area contributed by atoms with E-state index >= 15 is 0 Å². The average Bonchev–Trinajstić information content (AvgIpc) is 3.30. The van der Waals surface area contributed by atoms with Crippen LogP contribution in [0.25, 0.3) is 32.2 Å². The molecule has 0 saturated carbocycles. The third-order valence-electron chi connectivity index (χ3n) is 4.56. The molecule has 0 aliphatic rings. The van der Waals surface area contributed by atoms with Crippen molar-refractivity contribution in [3.63, 3.8) is 0 Å². The molecular formula is C20H15N5O2S2. The Morgan fingerprint density at radius 1 is 1.17 bits per heavy atom. The summed E-state index contributed by atoms with van der Waals surface area (Å²) in [6, 6.07) is 15.4. The summed E-state index contributed by atoms with van der Waals surface area (Å²) in [5, 5.41) is 4.77. The van der Waals surface area contributed by atoms with Crippen LogP contribution in [-0.2, 0) is 11.8 Å². The van der Waals surface area contributed by atoms with Crippen LogP contribution in [0.1, 0.15) is 0 Å². The lowest BCUT2D eigenvalue weighted by Gasteiger charge is -2.07. The summed E-state index contributed by atoms with van der Waals surface area (Å²) in [5.41, 5.74) is 2.65. The van der Waals surface area contributed by atoms with E-state index in [0.29, 0.717) is 21.3 Å². The van der Waals surface area contributed by atoms with Crippen molar-refractivity contribution in [2.75, 3.05) is 11.1 Å². The fourth-order valence-corrected chi connectivity index (χ4v) is 4.81. The molecule has 0 radical (unpaired) electrons. The Hall–Kier alpha value is -3.17. The van der Waals surface area contributed by atoms with Gasteiger partial charge in [0, 0.05) is 18.0 Å². The van der Waals surface area contributed by atoms with Gasteiger partial charge in [0.1, 0.15) is 11.0 Å². The van der Waals surface area contributed by atoms with E-state index in [0.717, 1.165) is 21.1 Å². The summed E-state index contributed by atoms with van der Waals surface area (Å²) in [6.07, 6.45) is 0. The van der Waals surface area contributed by atoms with Crippen molar-refractivity contribution in [1.82, 2.24) is 19.5 Å². The molecule has 0 saturated heterocycles. The molecule has 0 unspecified atom stereocenters. The van der Waals surface area contributed by atoms with E-state index in [1.165, 1.54) is 27.7 Å². The fraction of sp³-hybridized carbons (Fsp3) is 0.100. The summed E-state index contributed by atoms with van der Waals surface area (Å²) in [6.45, 7) is 0. The molecule has 144 valence electrons. The highest BCUT2D eigenvalue weighted by Crippen LogP contribution is 2.26. The van der Waals surface area contributed by atoms with Crippen molar-refractivity contribution in [3.05, 3.63) is 58.9 Å². The molecule has 0 aliphatic carbocycles. The molecule has 9 heteroatoms. The normalized spacial score (nSPS) is 11.5. The summed E-state index contributed by atoms with van der Waals surface area (Å²) in [5.74, 6) is -0.0633. The summed E-state index contributed by atoms with van der Waals surface area (Å²) in [4.78, 5) is 37.3. The van der Waals surface area contributed by atoms with Crippen LogP contribution >= 0.6 is 23.1 Å². The monoisotopic (exact) mass is 421 g/mol. The van der Waals surface area contributed by atoms with Crippen LogP contribution in [0.5, 0.6) is 0 Å². The third-order valence-corrected chi connectivity index (χ3v) is 6.55. The molecule has 0 atom stereocenters. The number of anilines is 1. The molecule has 0 fully saturated rings. The van der Waals surface area contributed by atoms with Crippen molar-refractivity contribution in [2.24, 2.45) is 7.05 Å². The maximum atomic E-state index is 12.7. The Kier molecular flexibility index (Phi) is 4.33. The average molecular weight is 422 g/mol. The van der Waals surface area contributed by atoms with E-state index in [9.17, 15) is 9.59 Å². The Balaban J connectivity index is 1.39. The van der Waals surface area contributed by atoms with Crippen LogP contribution in [0, 0.1) is 0 Å². The zero-order valence-electron chi connectivity index (χ0n) is 15.3. The number of fused-ring (bicyclic) bond motifs is 4. The van der Waals surface area contributed by atoms with Gasteiger partial charge in [-0.2, -0.15) is 0 Å². The number of nitrogens with one attached hydrogen (secondary N) is 2. The van der Waals surface area contributed by atoms with Gasteiger partial charge in [-0.25, -0.2) is 9.97 Å². The second-order valence-corrected chi connectivity index (χ2v) is 8.45. The molecule has 29 heavy (non-hydrogen) atoms. The van der Waals surface area contributed by atoms with E-state index in [4.69, 9.17) is 0 Å². The first-order valence-corrected chi connectivity index (χ1v) is 10.7.